The van der Waals surface area contributed by atoms with Crippen LogP contribution in [0.3, 0.4) is 0 Å². The Balaban J connectivity index is 1.82. The van der Waals surface area contributed by atoms with E-state index in [-0.39, 0.29) is 35.2 Å². The van der Waals surface area contributed by atoms with Gasteiger partial charge in [0.25, 0.3) is 10.0 Å². The lowest BCUT2D eigenvalue weighted by molar-refractivity contribution is -0.139. The average Bonchev–Trinajstić information content (AvgIpc) is 3.05. The molecule has 0 aliphatic carbocycles. The number of carbonyl (C=O) groups excluding carboxylic acids is 2. The van der Waals surface area contributed by atoms with Gasteiger partial charge in [0.15, 0.2) is 0 Å². The van der Waals surface area contributed by atoms with Crippen LogP contribution >= 0.6 is 0 Å². The number of aryl methyl sites for hydroxylation is 1. The van der Waals surface area contributed by atoms with Crippen molar-refractivity contribution < 1.29 is 27.5 Å². The zero-order chi connectivity index (χ0) is 31.7. The van der Waals surface area contributed by atoms with Crippen LogP contribution < -0.4 is 19.1 Å². The predicted octanol–water partition coefficient (Wildman–Crippen LogP) is 4.59. The maximum absolute atomic E-state index is 14.5. The molecule has 4 rings (SSSR count). The van der Waals surface area contributed by atoms with Gasteiger partial charge in [0.2, 0.25) is 11.8 Å². The number of carbonyl (C=O) groups is 2. The number of likely N-dealkylation sites (N-methyl/N-ethyl adjacent to an activating group) is 1. The summed E-state index contributed by atoms with van der Waals surface area (Å²) >= 11 is 0. The lowest BCUT2D eigenvalue weighted by Gasteiger charge is -2.34. The van der Waals surface area contributed by atoms with Crippen LogP contribution in [0.15, 0.2) is 108 Å². The molecule has 2 amide bonds. The molecule has 1 N–H and O–H groups in total. The van der Waals surface area contributed by atoms with Crippen LogP contribution in [0.4, 0.5) is 5.69 Å². The van der Waals surface area contributed by atoms with Gasteiger partial charge in [0.1, 0.15) is 24.1 Å². The third-order valence-electron chi connectivity index (χ3n) is 7.40. The molecule has 0 aromatic heterocycles. The zero-order valence-corrected chi connectivity index (χ0v) is 26.1. The molecule has 1 unspecified atom stereocenters. The SMILES string of the molecule is CNC(=O)C(Cc1ccccc1)N(Cc1ccccc1C)C(=O)CN(c1ccccc1OC)S(=O)(=O)c1ccc(OC)cc1. The summed E-state index contributed by atoms with van der Waals surface area (Å²) in [6, 6.07) is 28.6. The minimum absolute atomic E-state index is 0.0328. The van der Waals surface area contributed by atoms with E-state index in [1.54, 1.807) is 36.4 Å². The van der Waals surface area contributed by atoms with E-state index in [4.69, 9.17) is 9.47 Å². The van der Waals surface area contributed by atoms with Crippen molar-refractivity contribution in [3.05, 3.63) is 120 Å². The van der Waals surface area contributed by atoms with Gasteiger partial charge in [0.05, 0.1) is 24.8 Å². The third kappa shape index (κ3) is 7.38. The van der Waals surface area contributed by atoms with Crippen LogP contribution in [0.1, 0.15) is 16.7 Å². The van der Waals surface area contributed by atoms with E-state index in [2.05, 4.69) is 5.32 Å². The molecule has 0 heterocycles. The van der Waals surface area contributed by atoms with E-state index in [1.165, 1.54) is 38.3 Å². The number of hydrogen-bond donors (Lipinski definition) is 1. The summed E-state index contributed by atoms with van der Waals surface area (Å²) in [7, 11) is 0.164. The molecule has 0 aliphatic rings. The summed E-state index contributed by atoms with van der Waals surface area (Å²) in [4.78, 5) is 29.3. The van der Waals surface area contributed by atoms with Crippen LogP contribution in [0.25, 0.3) is 0 Å². The third-order valence-corrected chi connectivity index (χ3v) is 9.17. The normalized spacial score (nSPS) is 11.7. The van der Waals surface area contributed by atoms with Gasteiger partial charge in [-0.05, 0) is 60.0 Å². The van der Waals surface area contributed by atoms with Crippen LogP contribution in [-0.4, -0.2) is 59.0 Å². The van der Waals surface area contributed by atoms with Gasteiger partial charge in [-0.15, -0.1) is 0 Å². The summed E-state index contributed by atoms with van der Waals surface area (Å²) in [5.41, 5.74) is 2.82. The topological polar surface area (TPSA) is 105 Å². The minimum atomic E-state index is -4.28. The van der Waals surface area contributed by atoms with Gasteiger partial charge in [-0.2, -0.15) is 0 Å². The Labute approximate surface area is 259 Å². The Morgan fingerprint density at radius 2 is 1.45 bits per heavy atom. The molecule has 4 aromatic carbocycles. The molecule has 0 bridgehead atoms. The number of methoxy groups -OCH3 is 2. The molecule has 4 aromatic rings. The van der Waals surface area contributed by atoms with Crippen LogP contribution in [0.2, 0.25) is 0 Å². The summed E-state index contributed by atoms with van der Waals surface area (Å²) in [6.45, 7) is 1.45. The van der Waals surface area contributed by atoms with E-state index in [9.17, 15) is 18.0 Å². The highest BCUT2D eigenvalue weighted by Crippen LogP contribution is 2.33. The molecule has 1 atom stereocenters. The molecule has 0 spiro atoms. The molecule has 10 heteroatoms. The predicted molar refractivity (Wildman–Crippen MR) is 170 cm³/mol. The van der Waals surface area contributed by atoms with Gasteiger partial charge in [-0.25, -0.2) is 8.42 Å². The molecule has 0 saturated heterocycles. The number of nitrogens with one attached hydrogen (secondary N) is 1. The van der Waals surface area contributed by atoms with E-state index in [1.807, 2.05) is 61.5 Å². The van der Waals surface area contributed by atoms with Crippen molar-refractivity contribution in [2.75, 3.05) is 32.1 Å². The van der Waals surface area contributed by atoms with Crippen molar-refractivity contribution in [1.29, 1.82) is 0 Å². The quantitative estimate of drug-likeness (QED) is 0.236. The Kier molecular flexibility index (Phi) is 10.6. The molecule has 0 saturated carbocycles. The highest BCUT2D eigenvalue weighted by Gasteiger charge is 2.35. The fraction of sp³-hybridized carbons (Fsp3) is 0.235. The van der Waals surface area contributed by atoms with E-state index in [0.29, 0.717) is 5.75 Å². The maximum Gasteiger partial charge on any atom is 0.264 e. The molecule has 9 nitrogen and oxygen atoms in total. The first-order chi connectivity index (χ1) is 21.2. The van der Waals surface area contributed by atoms with Crippen molar-refractivity contribution in [1.82, 2.24) is 10.2 Å². The molecule has 0 radical (unpaired) electrons. The van der Waals surface area contributed by atoms with Crippen molar-refractivity contribution >= 4 is 27.5 Å². The van der Waals surface area contributed by atoms with Crippen LogP contribution in [-0.2, 0) is 32.6 Å². The van der Waals surface area contributed by atoms with Crippen molar-refractivity contribution in [3.63, 3.8) is 0 Å². The van der Waals surface area contributed by atoms with Gasteiger partial charge in [0, 0.05) is 20.0 Å². The Bertz CT molecular complexity index is 1680. The first-order valence-corrected chi connectivity index (χ1v) is 15.5. The average molecular weight is 616 g/mol. The largest absolute Gasteiger partial charge is 0.497 e. The standard InChI is InChI=1S/C34H37N3O6S/c1-25-12-8-9-15-27(25)23-36(31(34(39)35-2)22-26-13-6-5-7-14-26)33(38)24-37(30-16-10-11-17-32(30)43-4)44(40,41)29-20-18-28(42-3)19-21-29/h5-21,31H,22-24H2,1-4H3,(H,35,39). The Hall–Kier alpha value is -4.83. The second kappa shape index (κ2) is 14.6. The highest BCUT2D eigenvalue weighted by atomic mass is 32.2. The lowest BCUT2D eigenvalue weighted by atomic mass is 10.0. The van der Waals surface area contributed by atoms with Gasteiger partial charge in [-0.1, -0.05) is 66.7 Å². The van der Waals surface area contributed by atoms with Crippen molar-refractivity contribution in [3.8, 4) is 11.5 Å². The van der Waals surface area contributed by atoms with Crippen molar-refractivity contribution in [2.45, 2.75) is 30.8 Å². The highest BCUT2D eigenvalue weighted by molar-refractivity contribution is 7.92. The molecular formula is C34H37N3O6S. The first-order valence-electron chi connectivity index (χ1n) is 14.1. The van der Waals surface area contributed by atoms with Crippen LogP contribution in [0.5, 0.6) is 11.5 Å². The number of benzene rings is 4. The van der Waals surface area contributed by atoms with Gasteiger partial charge >= 0.3 is 0 Å². The van der Waals surface area contributed by atoms with E-state index < -0.39 is 28.5 Å². The number of ether oxygens (including phenoxy) is 2. The summed E-state index contributed by atoms with van der Waals surface area (Å²) in [5.74, 6) is -0.156. The molecule has 0 fully saturated rings. The van der Waals surface area contributed by atoms with Gasteiger partial charge in [-0.3, -0.25) is 13.9 Å². The minimum Gasteiger partial charge on any atom is -0.497 e. The second-order valence-corrected chi connectivity index (χ2v) is 12.0. The Morgan fingerprint density at radius 3 is 2.09 bits per heavy atom. The fourth-order valence-corrected chi connectivity index (χ4v) is 6.34. The van der Waals surface area contributed by atoms with E-state index in [0.717, 1.165) is 21.0 Å². The molecule has 0 aliphatic heterocycles. The zero-order valence-electron chi connectivity index (χ0n) is 25.3. The first kappa shape index (κ1) is 32.1. The number of hydrogen-bond acceptors (Lipinski definition) is 6. The van der Waals surface area contributed by atoms with Crippen LogP contribution in [0, 0.1) is 6.92 Å². The maximum atomic E-state index is 14.5. The fourth-order valence-electron chi connectivity index (χ4n) is 4.92. The molecule has 44 heavy (non-hydrogen) atoms. The number of nitrogens with zero attached hydrogens (tertiary/aromatic N) is 2. The summed E-state index contributed by atoms with van der Waals surface area (Å²) in [5, 5.41) is 2.69. The summed E-state index contributed by atoms with van der Waals surface area (Å²) < 4.78 is 40.2. The molecular weight excluding hydrogens is 578 g/mol. The van der Waals surface area contributed by atoms with Gasteiger partial charge < -0.3 is 19.7 Å². The monoisotopic (exact) mass is 615 g/mol. The molecule has 230 valence electrons. The summed E-state index contributed by atoms with van der Waals surface area (Å²) in [6.07, 6.45) is 0.234. The number of anilines is 1. The lowest BCUT2D eigenvalue weighted by Crippen LogP contribution is -2.53. The van der Waals surface area contributed by atoms with Crippen molar-refractivity contribution in [2.24, 2.45) is 0 Å². The smallest absolute Gasteiger partial charge is 0.264 e. The second-order valence-electron chi connectivity index (χ2n) is 10.1. The number of rotatable bonds is 13. The van der Waals surface area contributed by atoms with E-state index >= 15 is 0 Å². The number of para-hydroxylation sites is 2. The number of amides is 2. The Morgan fingerprint density at radius 1 is 0.818 bits per heavy atom. The number of sulfonamides is 1.